The second-order valence-electron chi connectivity index (χ2n) is 3.92. The van der Waals surface area contributed by atoms with Crippen molar-refractivity contribution in [2.24, 2.45) is 5.92 Å². The summed E-state index contributed by atoms with van der Waals surface area (Å²) in [5.41, 5.74) is 5.00. The Morgan fingerprint density at radius 2 is 2.27 bits per heavy atom. The fourth-order valence-corrected chi connectivity index (χ4v) is 2.35. The average molecular weight is 148 g/mol. The SMILES string of the molecule is CC1=C2CCCC(C)C2=CC1. The smallest absolute Gasteiger partial charge is 0.0130 e. The highest BCUT2D eigenvalue weighted by Gasteiger charge is 2.23. The van der Waals surface area contributed by atoms with E-state index in [1.54, 1.807) is 16.7 Å². The summed E-state index contributed by atoms with van der Waals surface area (Å²) >= 11 is 0. The van der Waals surface area contributed by atoms with Crippen molar-refractivity contribution in [1.82, 2.24) is 0 Å². The molecule has 0 aromatic rings. The third-order valence-corrected chi connectivity index (χ3v) is 3.09. The predicted octanol–water partition coefficient (Wildman–Crippen LogP) is 3.45. The number of allylic oxidation sites excluding steroid dienone is 4. The molecule has 2 aliphatic rings. The highest BCUT2D eigenvalue weighted by molar-refractivity contribution is 5.44. The van der Waals surface area contributed by atoms with E-state index in [0.717, 1.165) is 5.92 Å². The van der Waals surface area contributed by atoms with Gasteiger partial charge in [-0.05, 0) is 49.7 Å². The van der Waals surface area contributed by atoms with Crippen molar-refractivity contribution in [3.05, 3.63) is 22.8 Å². The molecule has 0 aromatic heterocycles. The molecule has 0 amide bonds. The zero-order valence-electron chi connectivity index (χ0n) is 7.48. The van der Waals surface area contributed by atoms with Gasteiger partial charge < -0.3 is 0 Å². The maximum absolute atomic E-state index is 2.44. The van der Waals surface area contributed by atoms with Gasteiger partial charge in [0, 0.05) is 0 Å². The lowest BCUT2D eigenvalue weighted by Gasteiger charge is -2.23. The molecule has 0 saturated heterocycles. The Morgan fingerprint density at radius 3 is 3.00 bits per heavy atom. The van der Waals surface area contributed by atoms with E-state index < -0.39 is 0 Å². The van der Waals surface area contributed by atoms with E-state index in [-0.39, 0.29) is 0 Å². The summed E-state index contributed by atoms with van der Waals surface area (Å²) in [7, 11) is 0. The molecule has 1 atom stereocenters. The average Bonchev–Trinajstić information content (AvgIpc) is 2.35. The van der Waals surface area contributed by atoms with Gasteiger partial charge in [-0.2, -0.15) is 0 Å². The Bertz CT molecular complexity index is 230. The minimum Gasteiger partial charge on any atom is -0.0767 e. The Balaban J connectivity index is 2.32. The van der Waals surface area contributed by atoms with Crippen LogP contribution in [-0.2, 0) is 0 Å². The minimum atomic E-state index is 0.844. The van der Waals surface area contributed by atoms with Gasteiger partial charge in [0.05, 0.1) is 0 Å². The van der Waals surface area contributed by atoms with Crippen LogP contribution in [0.5, 0.6) is 0 Å². The number of hydrogen-bond donors (Lipinski definition) is 0. The topological polar surface area (TPSA) is 0 Å². The molecule has 1 unspecified atom stereocenters. The van der Waals surface area contributed by atoms with Crippen molar-refractivity contribution in [3.8, 4) is 0 Å². The van der Waals surface area contributed by atoms with Gasteiger partial charge in [-0.1, -0.05) is 18.6 Å². The molecule has 2 rings (SSSR count). The third-order valence-electron chi connectivity index (χ3n) is 3.09. The van der Waals surface area contributed by atoms with Crippen LogP contribution >= 0.6 is 0 Å². The van der Waals surface area contributed by atoms with E-state index in [0.29, 0.717) is 0 Å². The van der Waals surface area contributed by atoms with Crippen molar-refractivity contribution in [2.45, 2.75) is 39.5 Å². The van der Waals surface area contributed by atoms with Gasteiger partial charge in [0.1, 0.15) is 0 Å². The van der Waals surface area contributed by atoms with Gasteiger partial charge in [-0.3, -0.25) is 0 Å². The van der Waals surface area contributed by atoms with Gasteiger partial charge in [-0.25, -0.2) is 0 Å². The fourth-order valence-electron chi connectivity index (χ4n) is 2.35. The zero-order chi connectivity index (χ0) is 7.84. The molecular weight excluding hydrogens is 132 g/mol. The molecule has 0 heteroatoms. The van der Waals surface area contributed by atoms with Gasteiger partial charge in [-0.15, -0.1) is 0 Å². The molecule has 0 heterocycles. The van der Waals surface area contributed by atoms with Gasteiger partial charge in [0.15, 0.2) is 0 Å². The summed E-state index contributed by atoms with van der Waals surface area (Å²) < 4.78 is 0. The Labute approximate surface area is 69.0 Å². The second-order valence-corrected chi connectivity index (χ2v) is 3.92. The zero-order valence-corrected chi connectivity index (χ0v) is 7.48. The highest BCUT2D eigenvalue weighted by Crippen LogP contribution is 2.40. The minimum absolute atomic E-state index is 0.844. The lowest BCUT2D eigenvalue weighted by molar-refractivity contribution is 0.541. The molecule has 0 radical (unpaired) electrons. The summed E-state index contributed by atoms with van der Waals surface area (Å²) in [6.45, 7) is 4.65. The predicted molar refractivity (Wildman–Crippen MR) is 48.4 cm³/mol. The molecule has 0 aliphatic heterocycles. The molecule has 0 bridgehead atoms. The van der Waals surface area contributed by atoms with E-state index in [9.17, 15) is 0 Å². The first kappa shape index (κ1) is 7.15. The van der Waals surface area contributed by atoms with Crippen molar-refractivity contribution in [3.63, 3.8) is 0 Å². The number of hydrogen-bond acceptors (Lipinski definition) is 0. The van der Waals surface area contributed by atoms with Crippen LogP contribution in [0.1, 0.15) is 39.5 Å². The van der Waals surface area contributed by atoms with Crippen molar-refractivity contribution >= 4 is 0 Å². The summed E-state index contributed by atoms with van der Waals surface area (Å²) in [5, 5.41) is 0. The molecule has 1 fully saturated rings. The molecule has 0 nitrogen and oxygen atoms in total. The van der Waals surface area contributed by atoms with E-state index in [2.05, 4.69) is 19.9 Å². The van der Waals surface area contributed by atoms with Crippen LogP contribution in [0.15, 0.2) is 22.8 Å². The molecular formula is C11H16. The first-order valence-corrected chi connectivity index (χ1v) is 4.68. The highest BCUT2D eigenvalue weighted by atomic mass is 14.3. The van der Waals surface area contributed by atoms with Gasteiger partial charge in [0.25, 0.3) is 0 Å². The van der Waals surface area contributed by atoms with Gasteiger partial charge in [0.2, 0.25) is 0 Å². The van der Waals surface area contributed by atoms with Gasteiger partial charge >= 0.3 is 0 Å². The Morgan fingerprint density at radius 1 is 1.45 bits per heavy atom. The molecule has 60 valence electrons. The molecule has 0 aromatic carbocycles. The lowest BCUT2D eigenvalue weighted by Crippen LogP contribution is -2.07. The van der Waals surface area contributed by atoms with E-state index >= 15 is 0 Å². The van der Waals surface area contributed by atoms with Crippen LogP contribution < -0.4 is 0 Å². The molecule has 0 N–H and O–H groups in total. The quantitative estimate of drug-likeness (QED) is 0.493. The molecule has 1 saturated carbocycles. The second kappa shape index (κ2) is 2.51. The van der Waals surface area contributed by atoms with E-state index in [1.807, 2.05) is 0 Å². The monoisotopic (exact) mass is 148 g/mol. The molecule has 11 heavy (non-hydrogen) atoms. The van der Waals surface area contributed by atoms with Crippen molar-refractivity contribution < 1.29 is 0 Å². The number of rotatable bonds is 0. The van der Waals surface area contributed by atoms with Crippen LogP contribution in [-0.4, -0.2) is 0 Å². The standard InChI is InChI=1S/C11H16/c1-8-4-3-5-10-9(2)6-7-11(8)10/h7-8H,3-6H2,1-2H3. The first-order chi connectivity index (χ1) is 5.29. The summed E-state index contributed by atoms with van der Waals surface area (Å²) in [4.78, 5) is 0. The van der Waals surface area contributed by atoms with Crippen molar-refractivity contribution in [2.75, 3.05) is 0 Å². The van der Waals surface area contributed by atoms with Crippen LogP contribution in [0.25, 0.3) is 0 Å². The van der Waals surface area contributed by atoms with Crippen LogP contribution in [0.4, 0.5) is 0 Å². The van der Waals surface area contributed by atoms with Crippen molar-refractivity contribution in [1.29, 1.82) is 0 Å². The summed E-state index contributed by atoms with van der Waals surface area (Å²) in [6.07, 6.45) is 7.83. The number of fused-ring (bicyclic) bond motifs is 1. The Hall–Kier alpha value is -0.520. The maximum Gasteiger partial charge on any atom is -0.0130 e. The van der Waals surface area contributed by atoms with Crippen LogP contribution in [0, 0.1) is 5.92 Å². The van der Waals surface area contributed by atoms with Crippen LogP contribution in [0.3, 0.4) is 0 Å². The molecule has 0 spiro atoms. The van der Waals surface area contributed by atoms with E-state index in [1.165, 1.54) is 25.7 Å². The first-order valence-electron chi connectivity index (χ1n) is 4.68. The van der Waals surface area contributed by atoms with E-state index in [4.69, 9.17) is 0 Å². The van der Waals surface area contributed by atoms with Crippen LogP contribution in [0.2, 0.25) is 0 Å². The molecule has 2 aliphatic carbocycles. The summed E-state index contributed by atoms with van der Waals surface area (Å²) in [6, 6.07) is 0. The fraction of sp³-hybridized carbons (Fsp3) is 0.636. The lowest BCUT2D eigenvalue weighted by atomic mass is 9.83. The largest absolute Gasteiger partial charge is 0.0767 e. The normalized spacial score (nSPS) is 30.4. The maximum atomic E-state index is 2.44. The summed E-state index contributed by atoms with van der Waals surface area (Å²) in [5.74, 6) is 0.844. The third kappa shape index (κ3) is 1.05. The Kier molecular flexibility index (Phi) is 1.63.